The van der Waals surface area contributed by atoms with E-state index in [2.05, 4.69) is 0 Å². The Morgan fingerprint density at radius 3 is 2.78 bits per heavy atom. The van der Waals surface area contributed by atoms with Gasteiger partial charge in [0.25, 0.3) is 0 Å². The number of amides is 1. The number of Topliss-reactive ketones (excluding diaryl/α,β-unsaturated/α-hetero) is 1. The lowest BCUT2D eigenvalue weighted by Crippen LogP contribution is -2.42. The van der Waals surface area contributed by atoms with E-state index < -0.39 is 0 Å². The maximum atomic E-state index is 12.0. The van der Waals surface area contributed by atoms with Gasteiger partial charge >= 0.3 is 6.09 Å². The summed E-state index contributed by atoms with van der Waals surface area (Å²) in [6, 6.07) is 0.0960. The van der Waals surface area contributed by atoms with Gasteiger partial charge in [-0.1, -0.05) is 20.8 Å². The Bertz CT molecular complexity index is 345. The lowest BCUT2D eigenvalue weighted by molar-refractivity contribution is -0.125. The molecule has 0 N–H and O–H groups in total. The summed E-state index contributed by atoms with van der Waals surface area (Å²) < 4.78 is 5.35. The van der Waals surface area contributed by atoms with E-state index in [4.69, 9.17) is 4.74 Å². The van der Waals surface area contributed by atoms with E-state index in [1.807, 2.05) is 20.8 Å². The second kappa shape index (κ2) is 4.90. The second-order valence-electron chi connectivity index (χ2n) is 6.63. The summed E-state index contributed by atoms with van der Waals surface area (Å²) in [5.41, 5.74) is -0.0167. The van der Waals surface area contributed by atoms with Crippen molar-refractivity contribution in [3.8, 4) is 0 Å². The van der Waals surface area contributed by atoms with Gasteiger partial charge in [-0.05, 0) is 24.7 Å². The normalized spacial score (nSPS) is 28.2. The molecule has 4 heteroatoms. The van der Waals surface area contributed by atoms with Crippen LogP contribution in [0, 0.1) is 11.3 Å². The van der Waals surface area contributed by atoms with Crippen molar-refractivity contribution in [2.45, 2.75) is 52.5 Å². The molecular weight excluding hydrogens is 230 g/mol. The Labute approximate surface area is 109 Å². The number of hydrogen-bond acceptors (Lipinski definition) is 3. The fraction of sp³-hybridized carbons (Fsp3) is 0.857. The number of ether oxygens (including phenoxy) is 1. The van der Waals surface area contributed by atoms with Crippen LogP contribution in [-0.2, 0) is 9.53 Å². The van der Waals surface area contributed by atoms with Gasteiger partial charge in [0.2, 0.25) is 0 Å². The lowest BCUT2D eigenvalue weighted by atomic mass is 9.84. The number of nitrogens with zero attached hydrogens (tertiary/aromatic N) is 1. The molecule has 2 fully saturated rings. The second-order valence-corrected chi connectivity index (χ2v) is 6.63. The molecule has 102 valence electrons. The summed E-state index contributed by atoms with van der Waals surface area (Å²) in [5, 5.41) is 0. The summed E-state index contributed by atoms with van der Waals surface area (Å²) in [5.74, 6) is 0.401. The Kier molecular flexibility index (Phi) is 3.64. The standard InChI is InChI=1S/C14H23NO3/c1-14(2,3)9-18-13(17)15-8-7-10-11(15)5-4-6-12(10)16/h10-11H,4-9H2,1-3H3/t10-,11-/m0/s1. The Hall–Kier alpha value is -1.06. The topological polar surface area (TPSA) is 46.6 Å². The average Bonchev–Trinajstić information content (AvgIpc) is 2.70. The molecule has 2 rings (SSSR count). The van der Waals surface area contributed by atoms with E-state index in [1.54, 1.807) is 4.90 Å². The molecule has 0 spiro atoms. The third-order valence-corrected chi connectivity index (χ3v) is 3.75. The zero-order valence-electron chi connectivity index (χ0n) is 11.6. The molecule has 1 amide bonds. The fourth-order valence-corrected chi connectivity index (χ4v) is 2.84. The highest BCUT2D eigenvalue weighted by molar-refractivity contribution is 5.84. The number of likely N-dealkylation sites (tertiary alicyclic amines) is 1. The molecule has 1 saturated carbocycles. The molecule has 1 heterocycles. The molecule has 0 radical (unpaired) electrons. The van der Waals surface area contributed by atoms with Gasteiger partial charge in [-0.3, -0.25) is 4.79 Å². The van der Waals surface area contributed by atoms with Crippen LogP contribution in [0.4, 0.5) is 4.79 Å². The molecule has 2 atom stereocenters. The van der Waals surface area contributed by atoms with Gasteiger partial charge in [0, 0.05) is 24.9 Å². The Balaban J connectivity index is 1.93. The van der Waals surface area contributed by atoms with Crippen LogP contribution in [0.15, 0.2) is 0 Å². The zero-order chi connectivity index (χ0) is 13.3. The van der Waals surface area contributed by atoms with Crippen molar-refractivity contribution in [1.29, 1.82) is 0 Å². The maximum absolute atomic E-state index is 12.0. The smallest absolute Gasteiger partial charge is 0.410 e. The molecule has 0 aromatic heterocycles. The van der Waals surface area contributed by atoms with Crippen molar-refractivity contribution in [2.24, 2.45) is 11.3 Å². The van der Waals surface area contributed by atoms with Crippen molar-refractivity contribution in [1.82, 2.24) is 4.90 Å². The molecular formula is C14H23NO3. The van der Waals surface area contributed by atoms with Gasteiger partial charge in [0.05, 0.1) is 6.61 Å². The SMILES string of the molecule is CC(C)(C)COC(=O)N1CC[C@@H]2C(=O)CCC[C@@H]21. The molecule has 4 nitrogen and oxygen atoms in total. The summed E-state index contributed by atoms with van der Waals surface area (Å²) in [4.78, 5) is 25.6. The van der Waals surface area contributed by atoms with Crippen LogP contribution in [0.2, 0.25) is 0 Å². The molecule has 1 aliphatic heterocycles. The maximum Gasteiger partial charge on any atom is 0.410 e. The van der Waals surface area contributed by atoms with Gasteiger partial charge in [-0.15, -0.1) is 0 Å². The predicted molar refractivity (Wildman–Crippen MR) is 68.3 cm³/mol. The first-order valence-electron chi connectivity index (χ1n) is 6.84. The van der Waals surface area contributed by atoms with Crippen LogP contribution in [0.3, 0.4) is 0 Å². The van der Waals surface area contributed by atoms with Crippen LogP contribution in [0.5, 0.6) is 0 Å². The van der Waals surface area contributed by atoms with Crippen molar-refractivity contribution >= 4 is 11.9 Å². The number of ketones is 1. The molecule has 1 aliphatic carbocycles. The number of carbonyl (C=O) groups excluding carboxylic acids is 2. The van der Waals surface area contributed by atoms with Crippen LogP contribution in [0.1, 0.15) is 46.5 Å². The van der Waals surface area contributed by atoms with Gasteiger partial charge in [-0.25, -0.2) is 4.79 Å². The molecule has 18 heavy (non-hydrogen) atoms. The number of hydrogen-bond donors (Lipinski definition) is 0. The minimum Gasteiger partial charge on any atom is -0.449 e. The summed E-state index contributed by atoms with van der Waals surface area (Å²) in [7, 11) is 0. The largest absolute Gasteiger partial charge is 0.449 e. The molecule has 2 aliphatic rings. The van der Waals surface area contributed by atoms with E-state index >= 15 is 0 Å². The highest BCUT2D eigenvalue weighted by Gasteiger charge is 2.43. The minimum absolute atomic E-state index is 0.0167. The van der Waals surface area contributed by atoms with Crippen molar-refractivity contribution < 1.29 is 14.3 Å². The zero-order valence-corrected chi connectivity index (χ0v) is 11.6. The van der Waals surface area contributed by atoms with Gasteiger partial charge in [0.15, 0.2) is 0 Å². The first kappa shape index (κ1) is 13.4. The molecule has 0 unspecified atom stereocenters. The van der Waals surface area contributed by atoms with Crippen LogP contribution >= 0.6 is 0 Å². The third-order valence-electron chi connectivity index (χ3n) is 3.75. The van der Waals surface area contributed by atoms with E-state index in [9.17, 15) is 9.59 Å². The fourth-order valence-electron chi connectivity index (χ4n) is 2.84. The number of carbonyl (C=O) groups is 2. The van der Waals surface area contributed by atoms with Crippen LogP contribution < -0.4 is 0 Å². The molecule has 1 saturated heterocycles. The first-order chi connectivity index (χ1) is 8.38. The van der Waals surface area contributed by atoms with Gasteiger partial charge < -0.3 is 9.64 Å². The van der Waals surface area contributed by atoms with Gasteiger partial charge in [0.1, 0.15) is 5.78 Å². The molecule has 0 bridgehead atoms. The Morgan fingerprint density at radius 2 is 2.11 bits per heavy atom. The summed E-state index contributed by atoms with van der Waals surface area (Å²) in [6.45, 7) is 7.21. The molecule has 0 aromatic carbocycles. The third kappa shape index (κ3) is 2.85. The highest BCUT2D eigenvalue weighted by Crippen LogP contribution is 2.34. The summed E-state index contributed by atoms with van der Waals surface area (Å²) >= 11 is 0. The number of rotatable bonds is 1. The monoisotopic (exact) mass is 253 g/mol. The number of fused-ring (bicyclic) bond motifs is 1. The quantitative estimate of drug-likeness (QED) is 0.721. The predicted octanol–water partition coefficient (Wildman–Crippen LogP) is 2.61. The lowest BCUT2D eigenvalue weighted by Gasteiger charge is -2.31. The van der Waals surface area contributed by atoms with E-state index in [-0.39, 0.29) is 23.5 Å². The van der Waals surface area contributed by atoms with Gasteiger partial charge in [-0.2, -0.15) is 0 Å². The molecule has 0 aromatic rings. The Morgan fingerprint density at radius 1 is 1.39 bits per heavy atom. The van der Waals surface area contributed by atoms with Crippen molar-refractivity contribution in [2.75, 3.05) is 13.2 Å². The van der Waals surface area contributed by atoms with E-state index in [1.165, 1.54) is 0 Å². The van der Waals surface area contributed by atoms with E-state index in [0.717, 1.165) is 19.3 Å². The average molecular weight is 253 g/mol. The first-order valence-corrected chi connectivity index (χ1v) is 6.84. The van der Waals surface area contributed by atoms with Crippen molar-refractivity contribution in [3.63, 3.8) is 0 Å². The minimum atomic E-state index is -0.243. The summed E-state index contributed by atoms with van der Waals surface area (Å²) in [6.07, 6.45) is 3.11. The highest BCUT2D eigenvalue weighted by atomic mass is 16.6. The van der Waals surface area contributed by atoms with Crippen molar-refractivity contribution in [3.05, 3.63) is 0 Å². The van der Waals surface area contributed by atoms with E-state index in [0.29, 0.717) is 25.4 Å². The van der Waals surface area contributed by atoms with Crippen LogP contribution in [-0.4, -0.2) is 36.0 Å². The van der Waals surface area contributed by atoms with Crippen LogP contribution in [0.25, 0.3) is 0 Å².